The Morgan fingerprint density at radius 3 is 2.47 bits per heavy atom. The Morgan fingerprint density at radius 2 is 1.95 bits per heavy atom. The molecule has 1 saturated carbocycles. The van der Waals surface area contributed by atoms with E-state index in [-0.39, 0.29) is 11.7 Å². The summed E-state index contributed by atoms with van der Waals surface area (Å²) < 4.78 is 11.0. The molecule has 1 unspecified atom stereocenters. The Bertz CT molecular complexity index is 434. The third-order valence-electron chi connectivity index (χ3n) is 4.13. The van der Waals surface area contributed by atoms with E-state index in [4.69, 9.17) is 9.26 Å². The molecule has 1 aliphatic rings. The summed E-state index contributed by atoms with van der Waals surface area (Å²) in [6.07, 6.45) is 6.49. The fraction of sp³-hybridized carbons (Fsp3) is 0.786. The van der Waals surface area contributed by atoms with Gasteiger partial charge in [0.15, 0.2) is 0 Å². The summed E-state index contributed by atoms with van der Waals surface area (Å²) in [4.78, 5) is 15.8. The lowest BCUT2D eigenvalue weighted by molar-refractivity contribution is -0.118. The maximum atomic E-state index is 11.4. The van der Waals surface area contributed by atoms with Gasteiger partial charge in [0.05, 0.1) is 5.92 Å². The van der Waals surface area contributed by atoms with Gasteiger partial charge in [-0.05, 0) is 26.7 Å². The summed E-state index contributed by atoms with van der Waals surface area (Å²) in [6.45, 7) is 3.32. The molecule has 0 bridgehead atoms. The molecule has 0 aromatic carbocycles. The topological polar surface area (TPSA) is 65.2 Å². The molecule has 0 saturated heterocycles. The quantitative estimate of drug-likeness (QED) is 0.784. The first-order chi connectivity index (χ1) is 9.09. The lowest BCUT2D eigenvalue weighted by Crippen LogP contribution is -2.29. The Hall–Kier alpha value is -1.23. The van der Waals surface area contributed by atoms with Gasteiger partial charge in [0.2, 0.25) is 11.7 Å². The van der Waals surface area contributed by atoms with Crippen LogP contribution in [-0.4, -0.2) is 23.0 Å². The Labute approximate surface area is 113 Å². The van der Waals surface area contributed by atoms with Crippen molar-refractivity contribution >= 4 is 5.78 Å². The number of nitrogens with zero attached hydrogens (tertiary/aromatic N) is 2. The van der Waals surface area contributed by atoms with Gasteiger partial charge in [0.25, 0.3) is 0 Å². The monoisotopic (exact) mass is 266 g/mol. The van der Waals surface area contributed by atoms with Crippen molar-refractivity contribution in [1.29, 1.82) is 0 Å². The Kier molecular flexibility index (Phi) is 4.34. The zero-order valence-electron chi connectivity index (χ0n) is 11.9. The molecule has 0 spiro atoms. The van der Waals surface area contributed by atoms with Gasteiger partial charge < -0.3 is 9.26 Å². The van der Waals surface area contributed by atoms with Gasteiger partial charge in [0, 0.05) is 7.11 Å². The van der Waals surface area contributed by atoms with Crippen LogP contribution >= 0.6 is 0 Å². The van der Waals surface area contributed by atoms with Crippen LogP contribution in [0.25, 0.3) is 0 Å². The number of Topliss-reactive ketones (excluding diaryl/α,β-unsaturated/α-hetero) is 1. The van der Waals surface area contributed by atoms with Crippen LogP contribution in [0.5, 0.6) is 0 Å². The van der Waals surface area contributed by atoms with Crippen molar-refractivity contribution in [2.45, 2.75) is 63.9 Å². The molecular formula is C14H22N2O3. The average molecular weight is 266 g/mol. The van der Waals surface area contributed by atoms with E-state index >= 15 is 0 Å². The first-order valence-electron chi connectivity index (χ1n) is 6.99. The van der Waals surface area contributed by atoms with Crippen LogP contribution in [0.2, 0.25) is 0 Å². The lowest BCUT2D eigenvalue weighted by Gasteiger charge is -2.27. The molecule has 1 heterocycles. The van der Waals surface area contributed by atoms with Gasteiger partial charge in [-0.3, -0.25) is 4.79 Å². The summed E-state index contributed by atoms with van der Waals surface area (Å²) in [7, 11) is 1.70. The number of methoxy groups -OCH3 is 1. The summed E-state index contributed by atoms with van der Waals surface area (Å²) in [5.74, 6) is 0.673. The average Bonchev–Trinajstić information content (AvgIpc) is 2.77. The van der Waals surface area contributed by atoms with E-state index in [1.165, 1.54) is 19.8 Å². The molecule has 0 N–H and O–H groups in total. The van der Waals surface area contributed by atoms with Crippen molar-refractivity contribution in [3.63, 3.8) is 0 Å². The highest BCUT2D eigenvalue weighted by atomic mass is 16.5. The minimum Gasteiger partial charge on any atom is -0.370 e. The predicted octanol–water partition coefficient (Wildman–Crippen LogP) is 2.96. The number of rotatable bonds is 4. The van der Waals surface area contributed by atoms with Gasteiger partial charge in [-0.1, -0.05) is 30.8 Å². The van der Waals surface area contributed by atoms with Crippen LogP contribution in [0.3, 0.4) is 0 Å². The van der Waals surface area contributed by atoms with Gasteiger partial charge >= 0.3 is 0 Å². The number of carbonyl (C=O) groups is 1. The van der Waals surface area contributed by atoms with E-state index in [0.717, 1.165) is 25.7 Å². The van der Waals surface area contributed by atoms with Crippen molar-refractivity contribution in [2.24, 2.45) is 0 Å². The highest BCUT2D eigenvalue weighted by Crippen LogP contribution is 2.37. The maximum absolute atomic E-state index is 11.4. The third-order valence-corrected chi connectivity index (χ3v) is 4.13. The number of ether oxygens (including phenoxy) is 1. The highest BCUT2D eigenvalue weighted by Gasteiger charge is 2.38. The summed E-state index contributed by atoms with van der Waals surface area (Å²) in [5, 5.41) is 4.06. The predicted molar refractivity (Wildman–Crippen MR) is 69.8 cm³/mol. The molecule has 1 aromatic rings. The molecule has 19 heavy (non-hydrogen) atoms. The van der Waals surface area contributed by atoms with Crippen LogP contribution in [-0.2, 0) is 15.1 Å². The number of ketones is 1. The molecular weight excluding hydrogens is 244 g/mol. The van der Waals surface area contributed by atoms with E-state index in [2.05, 4.69) is 10.1 Å². The van der Waals surface area contributed by atoms with Crippen molar-refractivity contribution in [2.75, 3.05) is 7.11 Å². The first-order valence-corrected chi connectivity index (χ1v) is 6.99. The van der Waals surface area contributed by atoms with Crippen molar-refractivity contribution in [3.05, 3.63) is 11.7 Å². The van der Waals surface area contributed by atoms with Crippen molar-refractivity contribution in [3.8, 4) is 0 Å². The first kappa shape index (κ1) is 14.2. The molecule has 5 nitrogen and oxygen atoms in total. The van der Waals surface area contributed by atoms with Crippen LogP contribution in [0.1, 0.15) is 70.0 Å². The lowest BCUT2D eigenvalue weighted by atomic mass is 9.93. The second-order valence-corrected chi connectivity index (χ2v) is 5.40. The summed E-state index contributed by atoms with van der Waals surface area (Å²) >= 11 is 0. The smallest absolute Gasteiger partial charge is 0.237 e. The largest absolute Gasteiger partial charge is 0.370 e. The van der Waals surface area contributed by atoms with Crippen LogP contribution < -0.4 is 0 Å². The second-order valence-electron chi connectivity index (χ2n) is 5.40. The van der Waals surface area contributed by atoms with E-state index in [0.29, 0.717) is 11.7 Å². The van der Waals surface area contributed by atoms with E-state index in [1.807, 2.05) is 0 Å². The number of hydrogen-bond acceptors (Lipinski definition) is 5. The molecule has 1 fully saturated rings. The van der Waals surface area contributed by atoms with Crippen LogP contribution in [0.4, 0.5) is 0 Å². The summed E-state index contributed by atoms with van der Waals surface area (Å²) in [5.41, 5.74) is -0.436. The maximum Gasteiger partial charge on any atom is 0.237 e. The molecule has 5 heteroatoms. The van der Waals surface area contributed by atoms with Crippen molar-refractivity contribution < 1.29 is 14.1 Å². The van der Waals surface area contributed by atoms with Crippen molar-refractivity contribution in [1.82, 2.24) is 10.1 Å². The molecule has 0 radical (unpaired) electrons. The van der Waals surface area contributed by atoms with Crippen LogP contribution in [0.15, 0.2) is 4.52 Å². The molecule has 106 valence electrons. The molecule has 1 aromatic heterocycles. The number of hydrogen-bond donors (Lipinski definition) is 0. The minimum absolute atomic E-state index is 0.0301. The Morgan fingerprint density at radius 1 is 1.32 bits per heavy atom. The van der Waals surface area contributed by atoms with E-state index in [1.54, 1.807) is 14.0 Å². The molecule has 1 aliphatic carbocycles. The standard InChI is InChI=1S/C14H22N2O3/c1-10(11(2)17)12-15-13(16-19-12)14(18-3)8-6-4-5-7-9-14/h10H,4-9H2,1-3H3. The molecule has 0 amide bonds. The summed E-state index contributed by atoms with van der Waals surface area (Å²) in [6, 6.07) is 0. The third kappa shape index (κ3) is 2.86. The Balaban J connectivity index is 2.25. The van der Waals surface area contributed by atoms with Gasteiger partial charge in [-0.15, -0.1) is 0 Å². The molecule has 2 rings (SSSR count). The SMILES string of the molecule is COC1(c2noc(C(C)C(C)=O)n2)CCCCCC1. The number of carbonyl (C=O) groups excluding carboxylic acids is 1. The normalized spacial score (nSPS) is 20.8. The number of aromatic nitrogens is 2. The van der Waals surface area contributed by atoms with Gasteiger partial charge in [-0.2, -0.15) is 4.98 Å². The van der Waals surface area contributed by atoms with Gasteiger partial charge in [-0.25, -0.2) is 0 Å². The second kappa shape index (κ2) is 5.82. The zero-order valence-corrected chi connectivity index (χ0v) is 11.9. The zero-order chi connectivity index (χ0) is 13.9. The fourth-order valence-corrected chi connectivity index (χ4v) is 2.59. The van der Waals surface area contributed by atoms with Crippen LogP contribution in [0, 0.1) is 0 Å². The highest BCUT2D eigenvalue weighted by molar-refractivity contribution is 5.81. The van der Waals surface area contributed by atoms with E-state index in [9.17, 15) is 4.79 Å². The fourth-order valence-electron chi connectivity index (χ4n) is 2.59. The molecule has 1 atom stereocenters. The molecule has 0 aliphatic heterocycles. The minimum atomic E-state index is -0.436. The van der Waals surface area contributed by atoms with E-state index < -0.39 is 5.60 Å². The van der Waals surface area contributed by atoms with Gasteiger partial charge in [0.1, 0.15) is 11.4 Å².